The summed E-state index contributed by atoms with van der Waals surface area (Å²) in [4.78, 5) is 25.3. The van der Waals surface area contributed by atoms with Crippen molar-refractivity contribution < 1.29 is 4.79 Å². The lowest BCUT2D eigenvalue weighted by Crippen LogP contribution is -2.47. The molecule has 3 rings (SSSR count). The Morgan fingerprint density at radius 2 is 2.04 bits per heavy atom. The highest BCUT2D eigenvalue weighted by molar-refractivity contribution is 5.76. The molecule has 0 spiro atoms. The number of nitrogens with zero attached hydrogens (tertiary/aromatic N) is 4. The minimum Gasteiger partial charge on any atom is -0.369 e. The molecule has 1 aromatic heterocycles. The zero-order chi connectivity index (χ0) is 19.1. The largest absolute Gasteiger partial charge is 0.369 e. The van der Waals surface area contributed by atoms with Gasteiger partial charge in [0.2, 0.25) is 5.91 Å². The van der Waals surface area contributed by atoms with E-state index >= 15 is 0 Å². The monoisotopic (exact) mass is 367 g/mol. The molecule has 0 aliphatic carbocycles. The summed E-state index contributed by atoms with van der Waals surface area (Å²) in [6.07, 6.45) is 6.33. The predicted molar refractivity (Wildman–Crippen MR) is 108 cm³/mol. The number of hydrogen-bond acceptors (Lipinski definition) is 5. The number of amides is 1. The average molecular weight is 367 g/mol. The molecule has 27 heavy (non-hydrogen) atoms. The van der Waals surface area contributed by atoms with Gasteiger partial charge in [-0.1, -0.05) is 12.1 Å². The summed E-state index contributed by atoms with van der Waals surface area (Å²) in [5.74, 6) is 0.104. The van der Waals surface area contributed by atoms with Crippen molar-refractivity contribution in [1.82, 2.24) is 20.2 Å². The van der Waals surface area contributed by atoms with Gasteiger partial charge in [-0.2, -0.15) is 0 Å². The number of benzene rings is 1. The predicted octanol–water partition coefficient (Wildman–Crippen LogP) is 2.04. The number of nitrogens with one attached hydrogen (secondary N) is 1. The lowest BCUT2D eigenvalue weighted by Gasteiger charge is -2.36. The molecule has 1 unspecified atom stereocenters. The molecule has 6 nitrogen and oxygen atoms in total. The van der Waals surface area contributed by atoms with Crippen molar-refractivity contribution in [1.29, 1.82) is 0 Å². The van der Waals surface area contributed by atoms with E-state index in [9.17, 15) is 4.79 Å². The summed E-state index contributed by atoms with van der Waals surface area (Å²) >= 11 is 0. The molecule has 1 atom stereocenters. The van der Waals surface area contributed by atoms with Crippen LogP contribution in [0.5, 0.6) is 0 Å². The van der Waals surface area contributed by atoms with Crippen LogP contribution in [-0.4, -0.2) is 59.5 Å². The van der Waals surface area contributed by atoms with E-state index in [0.29, 0.717) is 12.8 Å². The first-order chi connectivity index (χ1) is 13.1. The van der Waals surface area contributed by atoms with E-state index in [1.165, 1.54) is 11.3 Å². The van der Waals surface area contributed by atoms with Crippen molar-refractivity contribution >= 4 is 11.6 Å². The fraction of sp³-hybridized carbons (Fsp3) is 0.476. The lowest BCUT2D eigenvalue weighted by atomic mass is 10.1. The van der Waals surface area contributed by atoms with Gasteiger partial charge in [0.05, 0.1) is 5.69 Å². The highest BCUT2D eigenvalue weighted by atomic mass is 16.1. The van der Waals surface area contributed by atoms with Gasteiger partial charge in [0.15, 0.2) is 0 Å². The number of aromatic nitrogens is 2. The van der Waals surface area contributed by atoms with Gasteiger partial charge in [-0.25, -0.2) is 0 Å². The Morgan fingerprint density at radius 1 is 1.22 bits per heavy atom. The molecule has 0 bridgehead atoms. The third-order valence-corrected chi connectivity index (χ3v) is 4.93. The van der Waals surface area contributed by atoms with E-state index in [0.717, 1.165) is 38.4 Å². The van der Waals surface area contributed by atoms with Crippen LogP contribution in [0, 0.1) is 6.92 Å². The number of piperazine rings is 1. The summed E-state index contributed by atoms with van der Waals surface area (Å²) in [5, 5.41) is 3.07. The molecule has 144 valence electrons. The summed E-state index contributed by atoms with van der Waals surface area (Å²) in [5.41, 5.74) is 3.49. The van der Waals surface area contributed by atoms with Crippen LogP contribution in [-0.2, 0) is 11.2 Å². The van der Waals surface area contributed by atoms with E-state index in [2.05, 4.69) is 56.3 Å². The Bertz CT molecular complexity index is 728. The fourth-order valence-corrected chi connectivity index (χ4v) is 3.46. The molecule has 1 aliphatic rings. The number of carbonyl (C=O) groups excluding carboxylic acids is 1. The number of anilines is 1. The van der Waals surface area contributed by atoms with Crippen LogP contribution < -0.4 is 10.2 Å². The van der Waals surface area contributed by atoms with Gasteiger partial charge in [-0.05, 0) is 31.5 Å². The number of hydrogen-bond donors (Lipinski definition) is 1. The first-order valence-corrected chi connectivity index (χ1v) is 9.68. The minimum atomic E-state index is 0.0624. The zero-order valence-corrected chi connectivity index (χ0v) is 16.3. The average Bonchev–Trinajstić information content (AvgIpc) is 2.67. The molecule has 1 fully saturated rings. The van der Waals surface area contributed by atoms with Gasteiger partial charge in [0, 0.05) is 75.9 Å². The topological polar surface area (TPSA) is 61.4 Å². The van der Waals surface area contributed by atoms with Crippen molar-refractivity contribution in [3.63, 3.8) is 0 Å². The van der Waals surface area contributed by atoms with Crippen LogP contribution in [0.1, 0.15) is 24.6 Å². The van der Waals surface area contributed by atoms with Crippen molar-refractivity contribution in [2.45, 2.75) is 32.7 Å². The molecule has 1 N–H and O–H groups in total. The number of rotatable bonds is 7. The molecule has 2 aromatic rings. The molecule has 6 heteroatoms. The second-order valence-electron chi connectivity index (χ2n) is 7.29. The Morgan fingerprint density at radius 3 is 2.74 bits per heavy atom. The van der Waals surface area contributed by atoms with E-state index in [1.54, 1.807) is 18.6 Å². The maximum atomic E-state index is 12.2. The summed E-state index contributed by atoms with van der Waals surface area (Å²) in [6, 6.07) is 8.72. The second kappa shape index (κ2) is 9.46. The standard InChI is InChI=1S/C21H29N5O/c1-17-4-3-5-20(14-17)26-12-10-25(11-13-26)9-6-21(27)24-18(2)15-19-16-22-7-8-23-19/h3-5,7-8,14,16,18H,6,9-13,15H2,1-2H3,(H,24,27). The van der Waals surface area contributed by atoms with Gasteiger partial charge in [0.1, 0.15) is 0 Å². The highest BCUT2D eigenvalue weighted by Gasteiger charge is 2.18. The maximum absolute atomic E-state index is 12.2. The molecule has 0 saturated carbocycles. The minimum absolute atomic E-state index is 0.0624. The van der Waals surface area contributed by atoms with Crippen molar-refractivity contribution in [3.8, 4) is 0 Å². The van der Waals surface area contributed by atoms with Gasteiger partial charge in [-0.3, -0.25) is 19.7 Å². The summed E-state index contributed by atoms with van der Waals surface area (Å²) in [6.45, 7) is 8.96. The normalized spacial score (nSPS) is 16.1. The summed E-state index contributed by atoms with van der Waals surface area (Å²) < 4.78 is 0. The van der Waals surface area contributed by atoms with Crippen LogP contribution in [0.3, 0.4) is 0 Å². The van der Waals surface area contributed by atoms with Crippen molar-refractivity contribution in [2.75, 3.05) is 37.6 Å². The van der Waals surface area contributed by atoms with E-state index < -0.39 is 0 Å². The molecule has 1 amide bonds. The fourth-order valence-electron chi connectivity index (χ4n) is 3.46. The molecule has 0 radical (unpaired) electrons. The van der Waals surface area contributed by atoms with Crippen LogP contribution in [0.25, 0.3) is 0 Å². The first-order valence-electron chi connectivity index (χ1n) is 9.68. The second-order valence-corrected chi connectivity index (χ2v) is 7.29. The van der Waals surface area contributed by atoms with Gasteiger partial charge >= 0.3 is 0 Å². The summed E-state index contributed by atoms with van der Waals surface area (Å²) in [7, 11) is 0. The van der Waals surface area contributed by atoms with Gasteiger partial charge in [0.25, 0.3) is 0 Å². The smallest absolute Gasteiger partial charge is 0.221 e. The number of carbonyl (C=O) groups is 1. The van der Waals surface area contributed by atoms with Gasteiger partial charge in [-0.15, -0.1) is 0 Å². The van der Waals surface area contributed by atoms with E-state index in [4.69, 9.17) is 0 Å². The Hall–Kier alpha value is -2.47. The molecule has 1 aromatic carbocycles. The van der Waals surface area contributed by atoms with Crippen LogP contribution >= 0.6 is 0 Å². The van der Waals surface area contributed by atoms with Crippen LogP contribution in [0.4, 0.5) is 5.69 Å². The van der Waals surface area contributed by atoms with Crippen LogP contribution in [0.15, 0.2) is 42.9 Å². The molecular formula is C21H29N5O. The van der Waals surface area contributed by atoms with Crippen LogP contribution in [0.2, 0.25) is 0 Å². The highest BCUT2D eigenvalue weighted by Crippen LogP contribution is 2.17. The first kappa shape index (κ1) is 19.3. The third-order valence-electron chi connectivity index (χ3n) is 4.93. The molecule has 1 saturated heterocycles. The van der Waals surface area contributed by atoms with E-state index in [-0.39, 0.29) is 11.9 Å². The number of aryl methyl sites for hydroxylation is 1. The third kappa shape index (κ3) is 6.03. The van der Waals surface area contributed by atoms with Crippen molar-refractivity contribution in [2.24, 2.45) is 0 Å². The Kier molecular flexibility index (Phi) is 6.76. The molecule has 1 aliphatic heterocycles. The van der Waals surface area contributed by atoms with E-state index in [1.807, 2.05) is 6.92 Å². The molecule has 2 heterocycles. The zero-order valence-electron chi connectivity index (χ0n) is 16.3. The van der Waals surface area contributed by atoms with Crippen molar-refractivity contribution in [3.05, 3.63) is 54.1 Å². The SMILES string of the molecule is Cc1cccc(N2CCN(CCC(=O)NC(C)Cc3cnccn3)CC2)c1. The lowest BCUT2D eigenvalue weighted by molar-refractivity contribution is -0.122. The Balaban J connectivity index is 1.36. The Labute approximate surface area is 161 Å². The molecular weight excluding hydrogens is 338 g/mol. The quantitative estimate of drug-likeness (QED) is 0.812. The van der Waals surface area contributed by atoms with Gasteiger partial charge < -0.3 is 10.2 Å². The maximum Gasteiger partial charge on any atom is 0.221 e.